The van der Waals surface area contributed by atoms with Crippen molar-refractivity contribution >= 4 is 5.91 Å². The summed E-state index contributed by atoms with van der Waals surface area (Å²) >= 11 is 0. The van der Waals surface area contributed by atoms with Crippen molar-refractivity contribution in [3.8, 4) is 17.0 Å². The zero-order valence-electron chi connectivity index (χ0n) is 14.9. The number of nitrogens with zero attached hydrogens (tertiary/aromatic N) is 2. The standard InChI is InChI=1S/C21H19FN2O3/c1-26-17-8-3-6-15(12-17)19-9-4-10-24(19)21(25)20-13-18(23-27-20)14-5-2-7-16(22)11-14/h2-3,5-8,11-13,19H,4,9-10H2,1H3/t19-/m0/s1. The van der Waals surface area contributed by atoms with Gasteiger partial charge in [-0.05, 0) is 42.7 Å². The van der Waals surface area contributed by atoms with Crippen LogP contribution in [-0.2, 0) is 0 Å². The van der Waals surface area contributed by atoms with Crippen LogP contribution < -0.4 is 4.74 Å². The van der Waals surface area contributed by atoms with Gasteiger partial charge in [0.05, 0.1) is 13.2 Å². The van der Waals surface area contributed by atoms with Gasteiger partial charge in [0.1, 0.15) is 17.3 Å². The Morgan fingerprint density at radius 1 is 1.22 bits per heavy atom. The Balaban J connectivity index is 1.58. The highest BCUT2D eigenvalue weighted by molar-refractivity contribution is 5.93. The van der Waals surface area contributed by atoms with Crippen LogP contribution in [0, 0.1) is 5.82 Å². The SMILES string of the molecule is COc1cccc([C@@H]2CCCN2C(=O)c2cc(-c3cccc(F)c3)no2)c1. The van der Waals surface area contributed by atoms with Crippen LogP contribution in [0.1, 0.15) is 35.0 Å². The van der Waals surface area contributed by atoms with Crippen LogP contribution in [-0.4, -0.2) is 29.6 Å². The fraction of sp³-hybridized carbons (Fsp3) is 0.238. The summed E-state index contributed by atoms with van der Waals surface area (Å²) in [6.45, 7) is 0.650. The largest absolute Gasteiger partial charge is 0.497 e. The first kappa shape index (κ1) is 17.3. The van der Waals surface area contributed by atoms with Crippen LogP contribution in [0.25, 0.3) is 11.3 Å². The van der Waals surface area contributed by atoms with Crippen molar-refractivity contribution in [3.63, 3.8) is 0 Å². The lowest BCUT2D eigenvalue weighted by Crippen LogP contribution is -2.30. The Bertz CT molecular complexity index is 969. The van der Waals surface area contributed by atoms with Gasteiger partial charge in [-0.15, -0.1) is 0 Å². The van der Waals surface area contributed by atoms with Crippen molar-refractivity contribution in [2.24, 2.45) is 0 Å². The van der Waals surface area contributed by atoms with E-state index in [0.717, 1.165) is 24.2 Å². The van der Waals surface area contributed by atoms with Gasteiger partial charge >= 0.3 is 0 Å². The second-order valence-corrected chi connectivity index (χ2v) is 6.52. The van der Waals surface area contributed by atoms with E-state index in [0.29, 0.717) is 17.8 Å². The summed E-state index contributed by atoms with van der Waals surface area (Å²) in [5.41, 5.74) is 2.05. The Labute approximate surface area is 156 Å². The number of likely N-dealkylation sites (tertiary alicyclic amines) is 1. The van der Waals surface area contributed by atoms with Gasteiger partial charge in [-0.25, -0.2) is 4.39 Å². The molecule has 2 heterocycles. The Morgan fingerprint density at radius 3 is 2.89 bits per heavy atom. The maximum absolute atomic E-state index is 13.4. The zero-order chi connectivity index (χ0) is 18.8. The van der Waals surface area contributed by atoms with Gasteiger partial charge in [-0.1, -0.05) is 29.4 Å². The van der Waals surface area contributed by atoms with E-state index in [1.54, 1.807) is 30.2 Å². The first-order valence-electron chi connectivity index (χ1n) is 8.83. The molecule has 0 unspecified atom stereocenters. The molecule has 138 valence electrons. The molecule has 5 nitrogen and oxygen atoms in total. The monoisotopic (exact) mass is 366 g/mol. The van der Waals surface area contributed by atoms with E-state index in [1.807, 2.05) is 24.3 Å². The molecule has 0 aliphatic carbocycles. The van der Waals surface area contributed by atoms with Crippen LogP contribution in [0.3, 0.4) is 0 Å². The Kier molecular flexibility index (Phi) is 4.62. The zero-order valence-corrected chi connectivity index (χ0v) is 14.9. The fourth-order valence-electron chi connectivity index (χ4n) is 3.51. The van der Waals surface area contributed by atoms with Crippen molar-refractivity contribution < 1.29 is 18.4 Å². The molecule has 1 fully saturated rings. The lowest BCUT2D eigenvalue weighted by atomic mass is 10.0. The number of aromatic nitrogens is 1. The van der Waals surface area contributed by atoms with Crippen LogP contribution in [0.2, 0.25) is 0 Å². The number of hydrogen-bond acceptors (Lipinski definition) is 4. The van der Waals surface area contributed by atoms with E-state index in [-0.39, 0.29) is 23.5 Å². The van der Waals surface area contributed by atoms with Crippen LogP contribution in [0.4, 0.5) is 4.39 Å². The molecule has 2 aromatic carbocycles. The smallest absolute Gasteiger partial charge is 0.292 e. The van der Waals surface area contributed by atoms with Crippen LogP contribution >= 0.6 is 0 Å². The molecule has 27 heavy (non-hydrogen) atoms. The molecule has 0 saturated carbocycles. The summed E-state index contributed by atoms with van der Waals surface area (Å²) in [6, 6.07) is 15.3. The van der Waals surface area contributed by atoms with Crippen LogP contribution in [0.5, 0.6) is 5.75 Å². The summed E-state index contributed by atoms with van der Waals surface area (Å²) in [7, 11) is 1.62. The summed E-state index contributed by atoms with van der Waals surface area (Å²) in [5.74, 6) is 0.348. The summed E-state index contributed by atoms with van der Waals surface area (Å²) in [5, 5.41) is 3.94. The molecule has 4 rings (SSSR count). The highest BCUT2D eigenvalue weighted by atomic mass is 19.1. The van der Waals surface area contributed by atoms with Gasteiger partial charge in [0.2, 0.25) is 5.76 Å². The second kappa shape index (κ2) is 7.23. The van der Waals surface area contributed by atoms with E-state index >= 15 is 0 Å². The Hall–Kier alpha value is -3.15. The summed E-state index contributed by atoms with van der Waals surface area (Å²) in [4.78, 5) is 14.8. The van der Waals surface area contributed by atoms with Crippen molar-refractivity contribution in [2.45, 2.75) is 18.9 Å². The molecule has 1 amide bonds. The van der Waals surface area contributed by atoms with E-state index in [2.05, 4.69) is 5.16 Å². The molecule has 1 aliphatic heterocycles. The van der Waals surface area contributed by atoms with Gasteiger partial charge in [0.25, 0.3) is 5.91 Å². The predicted molar refractivity (Wildman–Crippen MR) is 97.9 cm³/mol. The molecule has 6 heteroatoms. The van der Waals surface area contributed by atoms with Gasteiger partial charge in [0.15, 0.2) is 0 Å². The number of amides is 1. The van der Waals surface area contributed by atoms with Crippen molar-refractivity contribution in [1.82, 2.24) is 10.1 Å². The van der Waals surface area contributed by atoms with E-state index in [4.69, 9.17) is 9.26 Å². The minimum absolute atomic E-state index is 0.0321. The minimum Gasteiger partial charge on any atom is -0.497 e. The molecule has 0 bridgehead atoms. The minimum atomic E-state index is -0.360. The van der Waals surface area contributed by atoms with Crippen molar-refractivity contribution in [2.75, 3.05) is 13.7 Å². The van der Waals surface area contributed by atoms with Gasteiger partial charge < -0.3 is 14.2 Å². The maximum atomic E-state index is 13.4. The topological polar surface area (TPSA) is 55.6 Å². The molecular formula is C21H19FN2O3. The number of ether oxygens (including phenoxy) is 1. The number of rotatable bonds is 4. The average Bonchev–Trinajstić information content (AvgIpc) is 3.37. The molecule has 3 aromatic rings. The molecule has 1 atom stereocenters. The quantitative estimate of drug-likeness (QED) is 0.684. The first-order valence-corrected chi connectivity index (χ1v) is 8.83. The van der Waals surface area contributed by atoms with E-state index in [1.165, 1.54) is 12.1 Å². The second-order valence-electron chi connectivity index (χ2n) is 6.52. The van der Waals surface area contributed by atoms with Gasteiger partial charge in [-0.3, -0.25) is 4.79 Å². The summed E-state index contributed by atoms with van der Waals surface area (Å²) in [6.07, 6.45) is 1.79. The highest BCUT2D eigenvalue weighted by Crippen LogP contribution is 2.35. The Morgan fingerprint density at radius 2 is 2.07 bits per heavy atom. The lowest BCUT2D eigenvalue weighted by Gasteiger charge is -2.24. The van der Waals surface area contributed by atoms with Crippen molar-refractivity contribution in [3.05, 3.63) is 71.7 Å². The van der Waals surface area contributed by atoms with Crippen LogP contribution in [0.15, 0.2) is 59.1 Å². The number of carbonyl (C=O) groups excluding carboxylic acids is 1. The molecule has 0 N–H and O–H groups in total. The molecule has 0 radical (unpaired) electrons. The summed E-state index contributed by atoms with van der Waals surface area (Å²) < 4.78 is 24.0. The normalized spacial score (nSPS) is 16.5. The van der Waals surface area contributed by atoms with Gasteiger partial charge in [-0.2, -0.15) is 0 Å². The maximum Gasteiger partial charge on any atom is 0.292 e. The lowest BCUT2D eigenvalue weighted by molar-refractivity contribution is 0.0693. The van der Waals surface area contributed by atoms with E-state index < -0.39 is 0 Å². The molecular weight excluding hydrogens is 347 g/mol. The van der Waals surface area contributed by atoms with Gasteiger partial charge in [0, 0.05) is 18.2 Å². The molecule has 1 aromatic heterocycles. The molecule has 1 saturated heterocycles. The third-order valence-electron chi connectivity index (χ3n) is 4.83. The molecule has 0 spiro atoms. The third kappa shape index (κ3) is 3.43. The number of carbonyl (C=O) groups is 1. The number of halogens is 1. The first-order chi connectivity index (χ1) is 13.2. The average molecular weight is 366 g/mol. The van der Waals surface area contributed by atoms with Crippen molar-refractivity contribution in [1.29, 1.82) is 0 Å². The third-order valence-corrected chi connectivity index (χ3v) is 4.83. The fourth-order valence-corrected chi connectivity index (χ4v) is 3.51. The van der Waals surface area contributed by atoms with E-state index in [9.17, 15) is 9.18 Å². The number of methoxy groups -OCH3 is 1. The highest BCUT2D eigenvalue weighted by Gasteiger charge is 2.32. The molecule has 1 aliphatic rings. The number of hydrogen-bond donors (Lipinski definition) is 0. The number of benzene rings is 2. The predicted octanol–water partition coefficient (Wildman–Crippen LogP) is 4.47.